The average molecular weight is 404 g/mol. The molecule has 0 unspecified atom stereocenters. The molecule has 0 saturated heterocycles. The quantitative estimate of drug-likeness (QED) is 0.489. The minimum Gasteiger partial charge on any atom is -0.369 e. The third kappa shape index (κ3) is 3.73. The van der Waals surface area contributed by atoms with Crippen molar-refractivity contribution < 1.29 is 4.79 Å². The number of carbonyl (C=O) groups is 1. The van der Waals surface area contributed by atoms with E-state index in [0.29, 0.717) is 11.7 Å². The number of primary amides is 1. The van der Waals surface area contributed by atoms with Gasteiger partial charge in [0.2, 0.25) is 5.91 Å². The largest absolute Gasteiger partial charge is 0.369 e. The molecule has 1 amide bonds. The molecule has 1 atom stereocenters. The van der Waals surface area contributed by atoms with Crippen molar-refractivity contribution in [2.75, 3.05) is 0 Å². The zero-order valence-electron chi connectivity index (χ0n) is 16.2. The molecular weight excluding hydrogens is 382 g/mol. The maximum Gasteiger partial charge on any atom is 0.230 e. The summed E-state index contributed by atoms with van der Waals surface area (Å²) in [4.78, 5) is 16.3. The molecule has 29 heavy (non-hydrogen) atoms. The zero-order valence-corrected chi connectivity index (χ0v) is 17.1. The second-order valence-corrected chi connectivity index (χ2v) is 7.96. The smallest absolute Gasteiger partial charge is 0.230 e. The Morgan fingerprint density at radius 3 is 2.55 bits per heavy atom. The third-order valence-electron chi connectivity index (χ3n) is 4.74. The van der Waals surface area contributed by atoms with Gasteiger partial charge in [-0.15, -0.1) is 10.2 Å². The van der Waals surface area contributed by atoms with E-state index in [-0.39, 0.29) is 11.2 Å². The first-order valence-corrected chi connectivity index (χ1v) is 10.3. The summed E-state index contributed by atoms with van der Waals surface area (Å²) in [6.07, 6.45) is 0. The first kappa shape index (κ1) is 19.1. The number of hydrogen-bond acceptors (Lipinski definition) is 5. The van der Waals surface area contributed by atoms with Gasteiger partial charge in [0.15, 0.2) is 11.0 Å². The highest BCUT2D eigenvalue weighted by Gasteiger charge is 2.20. The summed E-state index contributed by atoms with van der Waals surface area (Å²) >= 11 is 1.32. The van der Waals surface area contributed by atoms with Gasteiger partial charge in [0.05, 0.1) is 16.5 Å². The predicted octanol–water partition coefficient (Wildman–Crippen LogP) is 4.15. The van der Waals surface area contributed by atoms with Crippen LogP contribution in [0.2, 0.25) is 0 Å². The van der Waals surface area contributed by atoms with Crippen LogP contribution >= 0.6 is 11.8 Å². The van der Waals surface area contributed by atoms with Gasteiger partial charge in [-0.05, 0) is 26.0 Å². The second-order valence-electron chi connectivity index (χ2n) is 6.65. The Kier molecular flexibility index (Phi) is 5.31. The van der Waals surface area contributed by atoms with Crippen LogP contribution in [0.25, 0.3) is 33.5 Å². The van der Waals surface area contributed by atoms with Gasteiger partial charge < -0.3 is 10.3 Å². The van der Waals surface area contributed by atoms with E-state index < -0.39 is 0 Å². The molecule has 0 aliphatic carbocycles. The number of aromatic nitrogens is 4. The van der Waals surface area contributed by atoms with Crippen LogP contribution in [0.5, 0.6) is 0 Å². The summed E-state index contributed by atoms with van der Waals surface area (Å²) in [6.45, 7) is 4.48. The fraction of sp³-hybridized carbons (Fsp3) is 0.182. The fourth-order valence-corrected chi connectivity index (χ4v) is 4.06. The van der Waals surface area contributed by atoms with Crippen molar-refractivity contribution in [1.82, 2.24) is 19.7 Å². The second kappa shape index (κ2) is 8.05. The maximum absolute atomic E-state index is 11.5. The molecule has 2 aromatic heterocycles. The van der Waals surface area contributed by atoms with Crippen molar-refractivity contribution in [3.63, 3.8) is 0 Å². The van der Waals surface area contributed by atoms with Crippen molar-refractivity contribution in [3.8, 4) is 22.6 Å². The molecule has 6 nitrogen and oxygen atoms in total. The lowest BCUT2D eigenvalue weighted by atomic mass is 10.0. The number of fused-ring (bicyclic) bond motifs is 1. The van der Waals surface area contributed by atoms with Gasteiger partial charge in [-0.1, -0.05) is 60.3 Å². The molecule has 7 heteroatoms. The highest BCUT2D eigenvalue weighted by Crippen LogP contribution is 2.33. The molecule has 4 aromatic rings. The predicted molar refractivity (Wildman–Crippen MR) is 116 cm³/mol. The minimum absolute atomic E-state index is 0.372. The first-order valence-electron chi connectivity index (χ1n) is 9.43. The highest BCUT2D eigenvalue weighted by atomic mass is 32.2. The Morgan fingerprint density at radius 2 is 1.83 bits per heavy atom. The molecule has 2 aromatic carbocycles. The summed E-state index contributed by atoms with van der Waals surface area (Å²) in [5.74, 6) is 0.380. The number of para-hydroxylation sites is 1. The van der Waals surface area contributed by atoms with Crippen LogP contribution in [0.15, 0.2) is 65.8 Å². The third-order valence-corrected chi connectivity index (χ3v) is 5.84. The Labute approximate surface area is 173 Å². The van der Waals surface area contributed by atoms with E-state index >= 15 is 0 Å². The zero-order chi connectivity index (χ0) is 20.4. The average Bonchev–Trinajstić information content (AvgIpc) is 3.15. The van der Waals surface area contributed by atoms with Gasteiger partial charge >= 0.3 is 0 Å². The van der Waals surface area contributed by atoms with E-state index in [4.69, 9.17) is 10.7 Å². The number of rotatable bonds is 6. The van der Waals surface area contributed by atoms with E-state index in [1.165, 1.54) is 11.8 Å². The molecule has 0 aliphatic heterocycles. The lowest BCUT2D eigenvalue weighted by molar-refractivity contribution is -0.117. The summed E-state index contributed by atoms with van der Waals surface area (Å²) in [6, 6.07) is 20.1. The molecule has 0 bridgehead atoms. The van der Waals surface area contributed by atoms with Gasteiger partial charge in [0.1, 0.15) is 0 Å². The van der Waals surface area contributed by atoms with Gasteiger partial charge in [-0.3, -0.25) is 4.79 Å². The number of hydrogen-bond donors (Lipinski definition) is 1. The van der Waals surface area contributed by atoms with Crippen molar-refractivity contribution in [3.05, 3.63) is 60.7 Å². The van der Waals surface area contributed by atoms with E-state index in [1.54, 1.807) is 6.92 Å². The van der Waals surface area contributed by atoms with Crippen LogP contribution in [0.3, 0.4) is 0 Å². The van der Waals surface area contributed by atoms with Gasteiger partial charge in [-0.2, -0.15) is 0 Å². The van der Waals surface area contributed by atoms with Crippen LogP contribution in [0.1, 0.15) is 13.8 Å². The first-order chi connectivity index (χ1) is 14.1. The number of nitrogens with zero attached hydrogens (tertiary/aromatic N) is 4. The summed E-state index contributed by atoms with van der Waals surface area (Å²) in [5, 5.41) is 10.1. The molecule has 2 heterocycles. The standard InChI is InChI=1S/C22H21N5OS/c1-3-27-21(25-26-22(27)29-14(2)20(23)28)17-13-19(15-9-5-4-6-10-15)24-18-12-8-7-11-16(17)18/h4-14H,3H2,1-2H3,(H2,23,28)/t14-/m1/s1. The van der Waals surface area contributed by atoms with E-state index in [9.17, 15) is 4.79 Å². The number of thioether (sulfide) groups is 1. The molecule has 4 rings (SSSR count). The Morgan fingerprint density at radius 1 is 1.10 bits per heavy atom. The van der Waals surface area contributed by atoms with Crippen molar-refractivity contribution in [1.29, 1.82) is 0 Å². The van der Waals surface area contributed by atoms with Crippen molar-refractivity contribution in [2.45, 2.75) is 30.8 Å². The van der Waals surface area contributed by atoms with Crippen LogP contribution < -0.4 is 5.73 Å². The maximum atomic E-state index is 11.5. The van der Waals surface area contributed by atoms with Crippen LogP contribution in [0, 0.1) is 0 Å². The SMILES string of the molecule is CCn1c(S[C@H](C)C(N)=O)nnc1-c1cc(-c2ccccc2)nc2ccccc12. The lowest BCUT2D eigenvalue weighted by Gasteiger charge is -2.12. The molecular formula is C22H21N5OS. The van der Waals surface area contributed by atoms with Crippen molar-refractivity contribution in [2.24, 2.45) is 5.73 Å². The molecule has 0 fully saturated rings. The highest BCUT2D eigenvalue weighted by molar-refractivity contribution is 8.00. The number of carbonyl (C=O) groups excluding carboxylic acids is 1. The molecule has 146 valence electrons. The lowest BCUT2D eigenvalue weighted by Crippen LogP contribution is -2.23. The van der Waals surface area contributed by atoms with Gasteiger partial charge in [-0.25, -0.2) is 4.98 Å². The Hall–Kier alpha value is -3.19. The molecule has 0 radical (unpaired) electrons. The summed E-state index contributed by atoms with van der Waals surface area (Å²) in [5.41, 5.74) is 9.20. The molecule has 0 aliphatic rings. The van der Waals surface area contributed by atoms with Crippen LogP contribution in [-0.2, 0) is 11.3 Å². The summed E-state index contributed by atoms with van der Waals surface area (Å²) in [7, 11) is 0. The summed E-state index contributed by atoms with van der Waals surface area (Å²) < 4.78 is 2.01. The monoisotopic (exact) mass is 403 g/mol. The topological polar surface area (TPSA) is 86.7 Å². The van der Waals surface area contributed by atoms with E-state index in [0.717, 1.165) is 33.5 Å². The number of benzene rings is 2. The molecule has 2 N–H and O–H groups in total. The number of amides is 1. The normalized spacial score (nSPS) is 12.2. The van der Waals surface area contributed by atoms with E-state index in [1.807, 2.05) is 66.1 Å². The molecule has 0 spiro atoms. The number of pyridine rings is 1. The van der Waals surface area contributed by atoms with Gasteiger partial charge in [0, 0.05) is 23.1 Å². The van der Waals surface area contributed by atoms with Crippen molar-refractivity contribution >= 4 is 28.6 Å². The van der Waals surface area contributed by atoms with Gasteiger partial charge in [0.25, 0.3) is 0 Å². The Balaban J connectivity index is 1.90. The Bertz CT molecular complexity index is 1170. The van der Waals surface area contributed by atoms with Crippen LogP contribution in [-0.4, -0.2) is 30.9 Å². The fourth-order valence-electron chi connectivity index (χ4n) is 3.19. The molecule has 0 saturated carbocycles. The number of nitrogens with two attached hydrogens (primary N) is 1. The minimum atomic E-state index is -0.383. The van der Waals surface area contributed by atoms with E-state index in [2.05, 4.69) is 16.3 Å². The van der Waals surface area contributed by atoms with Crippen LogP contribution in [0.4, 0.5) is 0 Å².